The summed E-state index contributed by atoms with van der Waals surface area (Å²) < 4.78 is 5.59. The summed E-state index contributed by atoms with van der Waals surface area (Å²) in [6, 6.07) is 8.62. The van der Waals surface area contributed by atoms with Gasteiger partial charge < -0.3 is 10.1 Å². The van der Waals surface area contributed by atoms with Crippen LogP contribution in [0.15, 0.2) is 36.4 Å². The summed E-state index contributed by atoms with van der Waals surface area (Å²) >= 11 is 0. The second-order valence-electron chi connectivity index (χ2n) is 4.75. The standard InChI is InChI=1S/C16H25NO/c1-4-10-17-12-15-5-7-16(8-6-15)13-18-11-9-14(2)3/h5-8,17H,2,4,9-13H2,1,3H3. The molecule has 0 radical (unpaired) electrons. The molecule has 0 amide bonds. The summed E-state index contributed by atoms with van der Waals surface area (Å²) in [5.74, 6) is 0. The quantitative estimate of drug-likeness (QED) is 0.531. The Morgan fingerprint density at radius 3 is 2.50 bits per heavy atom. The van der Waals surface area contributed by atoms with Gasteiger partial charge in [-0.3, -0.25) is 0 Å². The molecule has 0 aliphatic heterocycles. The molecule has 0 aromatic heterocycles. The van der Waals surface area contributed by atoms with E-state index in [9.17, 15) is 0 Å². The van der Waals surface area contributed by atoms with Gasteiger partial charge in [-0.25, -0.2) is 0 Å². The molecule has 1 aromatic rings. The van der Waals surface area contributed by atoms with Crippen molar-refractivity contribution in [1.29, 1.82) is 0 Å². The van der Waals surface area contributed by atoms with Crippen LogP contribution in [0.25, 0.3) is 0 Å². The zero-order valence-electron chi connectivity index (χ0n) is 11.7. The highest BCUT2D eigenvalue weighted by Gasteiger charge is 1.96. The van der Waals surface area contributed by atoms with Crippen molar-refractivity contribution >= 4 is 0 Å². The second-order valence-corrected chi connectivity index (χ2v) is 4.75. The summed E-state index contributed by atoms with van der Waals surface area (Å²) in [5.41, 5.74) is 3.73. The predicted molar refractivity (Wildman–Crippen MR) is 77.5 cm³/mol. The lowest BCUT2D eigenvalue weighted by Crippen LogP contribution is -2.13. The van der Waals surface area contributed by atoms with E-state index in [1.165, 1.54) is 23.1 Å². The van der Waals surface area contributed by atoms with E-state index in [2.05, 4.69) is 43.1 Å². The Kier molecular flexibility index (Phi) is 7.38. The molecule has 1 N–H and O–H groups in total. The average Bonchev–Trinajstić information content (AvgIpc) is 2.36. The van der Waals surface area contributed by atoms with Crippen LogP contribution in [0.2, 0.25) is 0 Å². The highest BCUT2D eigenvalue weighted by atomic mass is 16.5. The summed E-state index contributed by atoms with van der Waals surface area (Å²) in [5, 5.41) is 3.39. The molecule has 0 saturated heterocycles. The number of hydrogen-bond acceptors (Lipinski definition) is 2. The van der Waals surface area contributed by atoms with E-state index in [0.29, 0.717) is 6.61 Å². The van der Waals surface area contributed by atoms with Crippen LogP contribution >= 0.6 is 0 Å². The zero-order valence-corrected chi connectivity index (χ0v) is 11.7. The molecule has 2 nitrogen and oxygen atoms in total. The monoisotopic (exact) mass is 247 g/mol. The van der Waals surface area contributed by atoms with Crippen LogP contribution in [-0.4, -0.2) is 13.2 Å². The number of benzene rings is 1. The summed E-state index contributed by atoms with van der Waals surface area (Å²) in [6.07, 6.45) is 2.12. The number of hydrogen-bond donors (Lipinski definition) is 1. The molecule has 0 heterocycles. The van der Waals surface area contributed by atoms with Gasteiger partial charge in [-0.2, -0.15) is 0 Å². The van der Waals surface area contributed by atoms with Gasteiger partial charge in [0.1, 0.15) is 0 Å². The summed E-state index contributed by atoms with van der Waals surface area (Å²) in [6.45, 7) is 11.5. The highest BCUT2D eigenvalue weighted by Crippen LogP contribution is 2.06. The predicted octanol–water partition coefficient (Wildman–Crippen LogP) is 3.67. The first-order chi connectivity index (χ1) is 8.72. The largest absolute Gasteiger partial charge is 0.376 e. The Morgan fingerprint density at radius 1 is 1.22 bits per heavy atom. The van der Waals surface area contributed by atoms with E-state index >= 15 is 0 Å². The van der Waals surface area contributed by atoms with E-state index in [-0.39, 0.29) is 0 Å². The van der Waals surface area contributed by atoms with E-state index < -0.39 is 0 Å². The molecule has 0 bridgehead atoms. The topological polar surface area (TPSA) is 21.3 Å². The van der Waals surface area contributed by atoms with Gasteiger partial charge in [0, 0.05) is 6.54 Å². The maximum absolute atomic E-state index is 5.59. The normalized spacial score (nSPS) is 10.6. The van der Waals surface area contributed by atoms with Crippen LogP contribution in [0, 0.1) is 0 Å². The van der Waals surface area contributed by atoms with Crippen molar-refractivity contribution in [3.05, 3.63) is 47.5 Å². The third-order valence-electron chi connectivity index (χ3n) is 2.72. The van der Waals surface area contributed by atoms with Crippen molar-refractivity contribution in [2.45, 2.75) is 39.8 Å². The van der Waals surface area contributed by atoms with Crippen LogP contribution in [0.5, 0.6) is 0 Å². The highest BCUT2D eigenvalue weighted by molar-refractivity contribution is 5.21. The summed E-state index contributed by atoms with van der Waals surface area (Å²) in [7, 11) is 0. The molecule has 2 heteroatoms. The Morgan fingerprint density at radius 2 is 1.89 bits per heavy atom. The van der Waals surface area contributed by atoms with Gasteiger partial charge in [0.05, 0.1) is 13.2 Å². The van der Waals surface area contributed by atoms with Crippen LogP contribution < -0.4 is 5.32 Å². The molecule has 0 fully saturated rings. The van der Waals surface area contributed by atoms with E-state index in [0.717, 1.165) is 26.1 Å². The Hall–Kier alpha value is -1.12. The minimum Gasteiger partial charge on any atom is -0.376 e. The van der Waals surface area contributed by atoms with Gasteiger partial charge >= 0.3 is 0 Å². The van der Waals surface area contributed by atoms with Crippen LogP contribution in [-0.2, 0) is 17.9 Å². The lowest BCUT2D eigenvalue weighted by Gasteiger charge is -2.06. The van der Waals surface area contributed by atoms with Crippen LogP contribution in [0.3, 0.4) is 0 Å². The molecule has 18 heavy (non-hydrogen) atoms. The number of ether oxygens (including phenoxy) is 1. The van der Waals surface area contributed by atoms with Gasteiger partial charge in [-0.1, -0.05) is 36.8 Å². The Bertz CT molecular complexity index is 343. The van der Waals surface area contributed by atoms with Gasteiger partial charge in [0.2, 0.25) is 0 Å². The van der Waals surface area contributed by atoms with Gasteiger partial charge in [0.25, 0.3) is 0 Å². The minimum atomic E-state index is 0.690. The van der Waals surface area contributed by atoms with Gasteiger partial charge in [-0.05, 0) is 37.4 Å². The van der Waals surface area contributed by atoms with Crippen LogP contribution in [0.4, 0.5) is 0 Å². The van der Waals surface area contributed by atoms with Crippen molar-refractivity contribution in [2.75, 3.05) is 13.2 Å². The first-order valence-corrected chi connectivity index (χ1v) is 6.73. The average molecular weight is 247 g/mol. The Balaban J connectivity index is 2.25. The minimum absolute atomic E-state index is 0.690. The van der Waals surface area contributed by atoms with Crippen LogP contribution in [0.1, 0.15) is 37.8 Å². The molecule has 0 aliphatic rings. The third-order valence-corrected chi connectivity index (χ3v) is 2.72. The lowest BCUT2D eigenvalue weighted by atomic mass is 10.1. The molecule has 100 valence electrons. The second kappa shape index (κ2) is 8.90. The Labute approximate surface area is 111 Å². The fourth-order valence-electron chi connectivity index (χ4n) is 1.60. The molecule has 0 aliphatic carbocycles. The molecular weight excluding hydrogens is 222 g/mol. The van der Waals surface area contributed by atoms with Crippen molar-refractivity contribution in [2.24, 2.45) is 0 Å². The SMILES string of the molecule is C=C(C)CCOCc1ccc(CNCCC)cc1. The third kappa shape index (κ3) is 6.58. The molecule has 0 saturated carbocycles. The smallest absolute Gasteiger partial charge is 0.0717 e. The van der Waals surface area contributed by atoms with Crippen molar-refractivity contribution in [1.82, 2.24) is 5.32 Å². The van der Waals surface area contributed by atoms with Gasteiger partial charge in [-0.15, -0.1) is 6.58 Å². The van der Waals surface area contributed by atoms with E-state index in [1.807, 2.05) is 6.92 Å². The van der Waals surface area contributed by atoms with Crippen molar-refractivity contribution < 1.29 is 4.74 Å². The van der Waals surface area contributed by atoms with E-state index in [1.54, 1.807) is 0 Å². The first kappa shape index (κ1) is 14.9. The summed E-state index contributed by atoms with van der Waals surface area (Å²) in [4.78, 5) is 0. The molecular formula is C16H25NO. The molecule has 1 rings (SSSR count). The lowest BCUT2D eigenvalue weighted by molar-refractivity contribution is 0.124. The molecule has 1 aromatic carbocycles. The fraction of sp³-hybridized carbons (Fsp3) is 0.500. The molecule has 0 unspecified atom stereocenters. The van der Waals surface area contributed by atoms with Crippen molar-refractivity contribution in [3.8, 4) is 0 Å². The van der Waals surface area contributed by atoms with E-state index in [4.69, 9.17) is 4.74 Å². The fourth-order valence-corrected chi connectivity index (χ4v) is 1.60. The van der Waals surface area contributed by atoms with Gasteiger partial charge in [0.15, 0.2) is 0 Å². The van der Waals surface area contributed by atoms with Crippen molar-refractivity contribution in [3.63, 3.8) is 0 Å². The molecule has 0 atom stereocenters. The maximum Gasteiger partial charge on any atom is 0.0717 e. The molecule has 0 spiro atoms. The number of rotatable bonds is 9. The first-order valence-electron chi connectivity index (χ1n) is 6.73. The maximum atomic E-state index is 5.59. The number of nitrogens with one attached hydrogen (secondary N) is 1. The zero-order chi connectivity index (χ0) is 13.2.